The van der Waals surface area contributed by atoms with Crippen LogP contribution >= 0.6 is 0 Å². The molecule has 74 valence electrons. The fourth-order valence-electron chi connectivity index (χ4n) is 1.70. The van der Waals surface area contributed by atoms with Crippen LogP contribution in [0.5, 0.6) is 0 Å². The van der Waals surface area contributed by atoms with Crippen LogP contribution in [-0.2, 0) is 6.54 Å². The molecule has 1 aromatic heterocycles. The zero-order valence-electron chi connectivity index (χ0n) is 8.37. The molecule has 0 saturated carbocycles. The molecule has 0 bridgehead atoms. The van der Waals surface area contributed by atoms with E-state index in [1.165, 1.54) is 6.33 Å². The monoisotopic (exact) mass is 191 g/mol. The first-order chi connectivity index (χ1) is 6.70. The highest BCUT2D eigenvalue weighted by molar-refractivity contribution is 6.00. The molecule has 0 fully saturated rings. The quantitative estimate of drug-likeness (QED) is 0.716. The molecule has 1 aliphatic rings. The lowest BCUT2D eigenvalue weighted by Gasteiger charge is -2.18. The molecule has 1 aromatic rings. The zero-order valence-corrected chi connectivity index (χ0v) is 8.37. The number of carbonyl (C=O) groups is 1. The molecule has 2 heterocycles. The first-order valence-electron chi connectivity index (χ1n) is 4.78. The van der Waals surface area contributed by atoms with Crippen LogP contribution in [0.25, 0.3) is 0 Å². The molecule has 1 N–H and O–H groups in total. The van der Waals surface area contributed by atoms with E-state index in [2.05, 4.69) is 15.3 Å². The van der Waals surface area contributed by atoms with Gasteiger partial charge in [-0.25, -0.2) is 9.97 Å². The molecule has 0 aromatic carbocycles. The maximum atomic E-state index is 11.7. The molecule has 0 amide bonds. The van der Waals surface area contributed by atoms with Gasteiger partial charge in [-0.2, -0.15) is 0 Å². The fraction of sp³-hybridized carbons (Fsp3) is 0.500. The third-order valence-corrected chi connectivity index (χ3v) is 2.36. The number of hydrogen-bond donors (Lipinski definition) is 1. The second-order valence-corrected chi connectivity index (χ2v) is 3.76. The Labute approximate surface area is 82.8 Å². The Morgan fingerprint density at radius 3 is 2.86 bits per heavy atom. The van der Waals surface area contributed by atoms with Gasteiger partial charge in [0.15, 0.2) is 5.78 Å². The SMILES string of the molecule is CC(C)c1ncnc2c1C(=O)CNC2. The van der Waals surface area contributed by atoms with E-state index in [9.17, 15) is 4.79 Å². The molecule has 0 aliphatic carbocycles. The highest BCUT2D eigenvalue weighted by Crippen LogP contribution is 2.21. The summed E-state index contributed by atoms with van der Waals surface area (Å²) in [6, 6.07) is 0. The first-order valence-corrected chi connectivity index (χ1v) is 4.78. The van der Waals surface area contributed by atoms with E-state index < -0.39 is 0 Å². The van der Waals surface area contributed by atoms with Crippen LogP contribution in [0.4, 0.5) is 0 Å². The van der Waals surface area contributed by atoms with Gasteiger partial charge in [0.05, 0.1) is 23.5 Å². The molecule has 0 saturated heterocycles. The maximum Gasteiger partial charge on any atom is 0.180 e. The van der Waals surface area contributed by atoms with Crippen molar-refractivity contribution in [2.24, 2.45) is 0 Å². The van der Waals surface area contributed by atoms with Gasteiger partial charge in [-0.05, 0) is 5.92 Å². The van der Waals surface area contributed by atoms with Crippen molar-refractivity contribution in [3.05, 3.63) is 23.3 Å². The second kappa shape index (κ2) is 3.46. The minimum absolute atomic E-state index is 0.107. The van der Waals surface area contributed by atoms with E-state index in [1.54, 1.807) is 0 Å². The third kappa shape index (κ3) is 1.42. The number of rotatable bonds is 1. The second-order valence-electron chi connectivity index (χ2n) is 3.76. The molecular weight excluding hydrogens is 178 g/mol. The molecule has 14 heavy (non-hydrogen) atoms. The number of hydrogen-bond acceptors (Lipinski definition) is 4. The van der Waals surface area contributed by atoms with Crippen molar-refractivity contribution in [3.63, 3.8) is 0 Å². The minimum atomic E-state index is 0.107. The van der Waals surface area contributed by atoms with Crippen molar-refractivity contribution >= 4 is 5.78 Å². The van der Waals surface area contributed by atoms with Crippen LogP contribution in [0, 0.1) is 0 Å². The van der Waals surface area contributed by atoms with Gasteiger partial charge < -0.3 is 5.32 Å². The Kier molecular flexibility index (Phi) is 2.29. The predicted molar refractivity (Wildman–Crippen MR) is 52.2 cm³/mol. The molecule has 4 heteroatoms. The Hall–Kier alpha value is -1.29. The first kappa shape index (κ1) is 9.27. The summed E-state index contributed by atoms with van der Waals surface area (Å²) >= 11 is 0. The number of carbonyl (C=O) groups excluding carboxylic acids is 1. The van der Waals surface area contributed by atoms with Crippen molar-refractivity contribution in [2.75, 3.05) is 6.54 Å². The molecule has 0 spiro atoms. The van der Waals surface area contributed by atoms with Crippen molar-refractivity contribution in [2.45, 2.75) is 26.3 Å². The van der Waals surface area contributed by atoms with E-state index in [4.69, 9.17) is 0 Å². The molecule has 0 radical (unpaired) electrons. The van der Waals surface area contributed by atoms with Crippen LogP contribution in [0.3, 0.4) is 0 Å². The highest BCUT2D eigenvalue weighted by atomic mass is 16.1. The van der Waals surface area contributed by atoms with Crippen molar-refractivity contribution in [1.29, 1.82) is 0 Å². The van der Waals surface area contributed by atoms with Gasteiger partial charge in [0.25, 0.3) is 0 Å². The van der Waals surface area contributed by atoms with Crippen molar-refractivity contribution in [1.82, 2.24) is 15.3 Å². The summed E-state index contributed by atoms with van der Waals surface area (Å²) in [7, 11) is 0. The summed E-state index contributed by atoms with van der Waals surface area (Å²) < 4.78 is 0. The van der Waals surface area contributed by atoms with Gasteiger partial charge >= 0.3 is 0 Å². The largest absolute Gasteiger partial charge is 0.304 e. The van der Waals surface area contributed by atoms with Crippen molar-refractivity contribution in [3.8, 4) is 0 Å². The van der Waals surface area contributed by atoms with Gasteiger partial charge in [-0.3, -0.25) is 4.79 Å². The van der Waals surface area contributed by atoms with Gasteiger partial charge in [-0.15, -0.1) is 0 Å². The molecule has 0 unspecified atom stereocenters. The van der Waals surface area contributed by atoms with Crippen LogP contribution < -0.4 is 5.32 Å². The summed E-state index contributed by atoms with van der Waals surface area (Å²) in [4.78, 5) is 20.0. The summed E-state index contributed by atoms with van der Waals surface area (Å²) in [5, 5.41) is 3.02. The Morgan fingerprint density at radius 1 is 1.36 bits per heavy atom. The van der Waals surface area contributed by atoms with Gasteiger partial charge in [0.2, 0.25) is 0 Å². The van der Waals surface area contributed by atoms with Crippen LogP contribution in [0.1, 0.15) is 41.5 Å². The normalized spacial score (nSPS) is 15.8. The summed E-state index contributed by atoms with van der Waals surface area (Å²) in [6.45, 7) is 5.15. The summed E-state index contributed by atoms with van der Waals surface area (Å²) in [5.41, 5.74) is 2.45. The average Bonchev–Trinajstić information content (AvgIpc) is 2.17. The number of fused-ring (bicyclic) bond motifs is 1. The lowest BCUT2D eigenvalue weighted by molar-refractivity contribution is 0.0979. The third-order valence-electron chi connectivity index (χ3n) is 2.36. The van der Waals surface area contributed by atoms with Crippen LogP contribution in [-0.4, -0.2) is 22.3 Å². The van der Waals surface area contributed by atoms with E-state index in [0.717, 1.165) is 17.0 Å². The number of ketones is 1. The van der Waals surface area contributed by atoms with Gasteiger partial charge in [0, 0.05) is 6.54 Å². The Morgan fingerprint density at radius 2 is 2.14 bits per heavy atom. The number of nitrogens with one attached hydrogen (secondary N) is 1. The van der Waals surface area contributed by atoms with E-state index in [1.807, 2.05) is 13.8 Å². The average molecular weight is 191 g/mol. The van der Waals surface area contributed by atoms with Crippen LogP contribution in [0.15, 0.2) is 6.33 Å². The Balaban J connectivity index is 2.57. The minimum Gasteiger partial charge on any atom is -0.304 e. The lowest BCUT2D eigenvalue weighted by Crippen LogP contribution is -2.32. The summed E-state index contributed by atoms with van der Waals surface area (Å²) in [6.07, 6.45) is 1.54. The maximum absolute atomic E-state index is 11.7. The smallest absolute Gasteiger partial charge is 0.180 e. The van der Waals surface area contributed by atoms with E-state index >= 15 is 0 Å². The molecule has 4 nitrogen and oxygen atoms in total. The number of nitrogens with zero attached hydrogens (tertiary/aromatic N) is 2. The number of aromatic nitrogens is 2. The lowest BCUT2D eigenvalue weighted by atomic mass is 9.97. The fourth-order valence-corrected chi connectivity index (χ4v) is 1.70. The van der Waals surface area contributed by atoms with Gasteiger partial charge in [-0.1, -0.05) is 13.8 Å². The predicted octanol–water partition coefficient (Wildman–Crippen LogP) is 0.886. The number of Topliss-reactive ketones (excluding diaryl/α,β-unsaturated/α-hetero) is 1. The van der Waals surface area contributed by atoms with Crippen LogP contribution in [0.2, 0.25) is 0 Å². The topological polar surface area (TPSA) is 54.9 Å². The van der Waals surface area contributed by atoms with Crippen molar-refractivity contribution < 1.29 is 4.79 Å². The zero-order chi connectivity index (χ0) is 10.1. The van der Waals surface area contributed by atoms with E-state index in [0.29, 0.717) is 13.1 Å². The molecule has 1 aliphatic heterocycles. The van der Waals surface area contributed by atoms with Gasteiger partial charge in [0.1, 0.15) is 6.33 Å². The summed E-state index contributed by atoms with van der Waals surface area (Å²) in [5.74, 6) is 0.379. The van der Waals surface area contributed by atoms with E-state index in [-0.39, 0.29) is 11.7 Å². The highest BCUT2D eigenvalue weighted by Gasteiger charge is 2.23. The molecule has 2 rings (SSSR count). The molecular formula is C10H13N3O. The molecule has 0 atom stereocenters. The standard InChI is InChI=1S/C10H13N3O/c1-6(2)10-9-7(12-5-13-10)3-11-4-8(9)14/h5-6,11H,3-4H2,1-2H3. The Bertz CT molecular complexity index is 374.